The number of cyclic esters (lactones) is 1. The maximum absolute atomic E-state index is 14.5. The lowest BCUT2D eigenvalue weighted by molar-refractivity contribution is -0.320. The van der Waals surface area contributed by atoms with Crippen molar-refractivity contribution in [2.24, 2.45) is 23.7 Å². The van der Waals surface area contributed by atoms with Crippen molar-refractivity contribution >= 4 is 17.7 Å². The minimum Gasteiger partial charge on any atom is -0.459 e. The molecule has 0 amide bonds. The molecular formula is C43H75NO14. The van der Waals surface area contributed by atoms with Crippen molar-refractivity contribution < 1.29 is 67.2 Å². The molecule has 0 aromatic rings. The Morgan fingerprint density at radius 3 is 2.07 bits per heavy atom. The van der Waals surface area contributed by atoms with Crippen LogP contribution in [-0.2, 0) is 57.0 Å². The highest BCUT2D eigenvalue weighted by Crippen LogP contribution is 2.42. The number of methoxy groups -OCH3 is 2. The Bertz CT molecular complexity index is 1380. The van der Waals surface area contributed by atoms with Crippen LogP contribution >= 0.6 is 0 Å². The highest BCUT2D eigenvalue weighted by Gasteiger charge is 2.55. The normalized spacial score (nSPS) is 45.0. The molecule has 0 saturated carbocycles. The Morgan fingerprint density at radius 1 is 0.931 bits per heavy atom. The molecule has 3 fully saturated rings. The number of rotatable bonds is 12. The Balaban J connectivity index is 2.26. The lowest BCUT2D eigenvalue weighted by Gasteiger charge is -2.50. The van der Waals surface area contributed by atoms with Gasteiger partial charge in [0.1, 0.15) is 29.2 Å². The molecule has 0 aromatic carbocycles. The molecule has 0 aliphatic carbocycles. The molecule has 15 heteroatoms. The summed E-state index contributed by atoms with van der Waals surface area (Å²) >= 11 is 0. The molecule has 3 heterocycles. The molecule has 3 saturated heterocycles. The number of Topliss-reactive ketones (excluding diaryl/α,β-unsaturated/α-hetero) is 1. The number of aliphatic hydroxyl groups excluding tert-OH is 1. The molecular weight excluding hydrogens is 754 g/mol. The van der Waals surface area contributed by atoms with Crippen LogP contribution in [0.1, 0.15) is 102 Å². The second-order valence-corrected chi connectivity index (χ2v) is 17.8. The number of aliphatic hydroxyl groups is 2. The fourth-order valence-corrected chi connectivity index (χ4v) is 9.44. The second-order valence-electron chi connectivity index (χ2n) is 17.8. The van der Waals surface area contributed by atoms with Gasteiger partial charge in [0, 0.05) is 51.4 Å². The molecule has 3 aliphatic heterocycles. The van der Waals surface area contributed by atoms with Crippen LogP contribution in [0.4, 0.5) is 0 Å². The van der Waals surface area contributed by atoms with Crippen LogP contribution in [0.3, 0.4) is 0 Å². The van der Waals surface area contributed by atoms with E-state index in [0.29, 0.717) is 6.42 Å². The van der Waals surface area contributed by atoms with Gasteiger partial charge in [0.05, 0.1) is 48.6 Å². The van der Waals surface area contributed by atoms with E-state index in [1.165, 1.54) is 34.1 Å². The van der Waals surface area contributed by atoms with Crippen molar-refractivity contribution in [3.8, 4) is 0 Å². The van der Waals surface area contributed by atoms with Crippen LogP contribution in [0, 0.1) is 23.7 Å². The zero-order chi connectivity index (χ0) is 44.1. The van der Waals surface area contributed by atoms with E-state index >= 15 is 0 Å². The van der Waals surface area contributed by atoms with Crippen molar-refractivity contribution in [3.05, 3.63) is 12.7 Å². The highest BCUT2D eigenvalue weighted by molar-refractivity contribution is 5.83. The van der Waals surface area contributed by atoms with Crippen LogP contribution in [0.15, 0.2) is 12.7 Å². The van der Waals surface area contributed by atoms with Gasteiger partial charge in [0.25, 0.3) is 0 Å². The highest BCUT2D eigenvalue weighted by atomic mass is 16.7. The fourth-order valence-electron chi connectivity index (χ4n) is 9.44. The minimum atomic E-state index is -1.80. The van der Waals surface area contributed by atoms with Crippen molar-refractivity contribution in [2.45, 2.75) is 186 Å². The number of hydrogen-bond acceptors (Lipinski definition) is 15. The molecule has 58 heavy (non-hydrogen) atoms. The fraction of sp³-hybridized carbons (Fsp3) is 0.884. The van der Waals surface area contributed by atoms with Gasteiger partial charge in [-0.25, -0.2) is 0 Å². The third kappa shape index (κ3) is 11.3. The van der Waals surface area contributed by atoms with Gasteiger partial charge in [-0.05, 0) is 74.9 Å². The van der Waals surface area contributed by atoms with E-state index in [1.807, 2.05) is 39.8 Å². The standard InChI is InChI=1S/C43H75NO14/c1-17-19-52-37-25(5)33(46)23(3)21-41(10,50-15)36(58-40-34(47)30(44(13)14)20-24(4)53-40)26(6)35(27(7)39(48)56-31(18-2)43(37,12)49)57-32-22-42(11,51-16)38(28(8)54-32)55-29(9)45/h17,23-28,30-32,34-38,40,47,49H,1,18-22H2,2-16H3/t23-,24-,25+,26+,27-,28+,30+,31-,32+,34-,35+,36?,37?,38+,40+,41-,42-,43-/m1/s1. The average molecular weight is 830 g/mol. The van der Waals surface area contributed by atoms with Gasteiger partial charge in [-0.2, -0.15) is 0 Å². The number of ether oxygens (including phenoxy) is 9. The van der Waals surface area contributed by atoms with Crippen LogP contribution in [0.5, 0.6) is 0 Å². The first-order valence-electron chi connectivity index (χ1n) is 20.9. The molecule has 0 spiro atoms. The Labute approximate surface area is 346 Å². The number of carbonyl (C=O) groups excluding carboxylic acids is 3. The number of nitrogens with zero attached hydrogens (tertiary/aromatic N) is 1. The Kier molecular flexibility index (Phi) is 17.9. The number of carbonyl (C=O) groups is 3. The second kappa shape index (κ2) is 20.7. The van der Waals surface area contributed by atoms with Crippen LogP contribution in [0.25, 0.3) is 0 Å². The summed E-state index contributed by atoms with van der Waals surface area (Å²) in [5.74, 6) is -4.61. The quantitative estimate of drug-likeness (QED) is 0.211. The summed E-state index contributed by atoms with van der Waals surface area (Å²) in [6.07, 6.45) is -6.45. The summed E-state index contributed by atoms with van der Waals surface area (Å²) in [5, 5.41) is 23.9. The molecule has 2 unspecified atom stereocenters. The molecule has 0 radical (unpaired) electrons. The SMILES string of the molecule is C=CCOC1[C@@H](C)C(=O)[C@H](C)C[C@@](C)(OC)C(O[C@@H]2O[C@H](C)C[C@H](N(C)C)[C@H]2O)[C@@H](C)[C@H](O[C@H]2C[C@@](C)(OC)[C@@H](OC(C)=O)[C@H](C)O2)[C@@H](C)C(=O)O[C@H](CC)[C@@]1(C)O. The van der Waals surface area contributed by atoms with Crippen LogP contribution in [0.2, 0.25) is 0 Å². The van der Waals surface area contributed by atoms with E-state index in [-0.39, 0.29) is 43.8 Å². The summed E-state index contributed by atoms with van der Waals surface area (Å²) in [4.78, 5) is 43.0. The van der Waals surface area contributed by atoms with Gasteiger partial charge < -0.3 is 57.7 Å². The van der Waals surface area contributed by atoms with Crippen molar-refractivity contribution in [3.63, 3.8) is 0 Å². The summed E-state index contributed by atoms with van der Waals surface area (Å²) in [6.45, 7) is 22.8. The zero-order valence-electron chi connectivity index (χ0n) is 37.7. The van der Waals surface area contributed by atoms with E-state index in [0.717, 1.165) is 0 Å². The topological polar surface area (TPSA) is 178 Å². The van der Waals surface area contributed by atoms with Crippen LogP contribution < -0.4 is 0 Å². The molecule has 2 N–H and O–H groups in total. The third-order valence-corrected chi connectivity index (χ3v) is 12.9. The van der Waals surface area contributed by atoms with E-state index in [2.05, 4.69) is 6.58 Å². The number of ketones is 1. The first kappa shape index (κ1) is 50.3. The zero-order valence-corrected chi connectivity index (χ0v) is 37.7. The van der Waals surface area contributed by atoms with Crippen molar-refractivity contribution in [1.82, 2.24) is 4.90 Å². The lowest BCUT2D eigenvalue weighted by Crippen LogP contribution is -2.62. The first-order chi connectivity index (χ1) is 26.9. The maximum Gasteiger partial charge on any atom is 0.311 e. The molecule has 0 bridgehead atoms. The molecule has 336 valence electrons. The largest absolute Gasteiger partial charge is 0.459 e. The number of likely N-dealkylation sites (N-methyl/N-ethyl adjacent to an activating group) is 1. The van der Waals surface area contributed by atoms with E-state index in [1.54, 1.807) is 41.5 Å². The summed E-state index contributed by atoms with van der Waals surface area (Å²) < 4.78 is 56.7. The van der Waals surface area contributed by atoms with Gasteiger partial charge in [0.15, 0.2) is 18.7 Å². The predicted octanol–water partition coefficient (Wildman–Crippen LogP) is 4.22. The molecule has 3 rings (SSSR count). The third-order valence-electron chi connectivity index (χ3n) is 12.9. The van der Waals surface area contributed by atoms with E-state index in [9.17, 15) is 24.6 Å². The Morgan fingerprint density at radius 2 is 1.53 bits per heavy atom. The lowest BCUT2D eigenvalue weighted by atomic mass is 9.73. The van der Waals surface area contributed by atoms with Gasteiger partial charge in [-0.15, -0.1) is 6.58 Å². The van der Waals surface area contributed by atoms with Gasteiger partial charge >= 0.3 is 11.9 Å². The number of esters is 2. The predicted molar refractivity (Wildman–Crippen MR) is 215 cm³/mol. The first-order valence-corrected chi connectivity index (χ1v) is 20.9. The van der Waals surface area contributed by atoms with Gasteiger partial charge in [-0.1, -0.05) is 33.8 Å². The summed E-state index contributed by atoms with van der Waals surface area (Å²) in [6, 6.07) is -0.293. The number of hydrogen-bond donors (Lipinski definition) is 2. The molecule has 15 nitrogen and oxygen atoms in total. The maximum atomic E-state index is 14.5. The minimum absolute atomic E-state index is 0.0430. The Hall–Kier alpha value is -2.05. The molecule has 18 atom stereocenters. The monoisotopic (exact) mass is 830 g/mol. The van der Waals surface area contributed by atoms with Crippen molar-refractivity contribution in [1.29, 1.82) is 0 Å². The summed E-state index contributed by atoms with van der Waals surface area (Å²) in [5.41, 5.74) is -4.09. The van der Waals surface area contributed by atoms with E-state index < -0.39 is 108 Å². The van der Waals surface area contributed by atoms with E-state index in [4.69, 9.17) is 42.6 Å². The van der Waals surface area contributed by atoms with Gasteiger partial charge in [-0.3, -0.25) is 14.4 Å². The molecule has 3 aliphatic rings. The van der Waals surface area contributed by atoms with Crippen molar-refractivity contribution in [2.75, 3.05) is 34.9 Å². The summed E-state index contributed by atoms with van der Waals surface area (Å²) in [7, 11) is 6.82. The average Bonchev–Trinajstić information content (AvgIpc) is 3.15. The van der Waals surface area contributed by atoms with Crippen LogP contribution in [-0.4, -0.2) is 152 Å². The van der Waals surface area contributed by atoms with Gasteiger partial charge in [0.2, 0.25) is 0 Å². The molecule has 0 aromatic heterocycles. The smallest absolute Gasteiger partial charge is 0.311 e.